The van der Waals surface area contributed by atoms with Gasteiger partial charge in [-0.1, -0.05) is 30.3 Å². The van der Waals surface area contributed by atoms with Gasteiger partial charge in [-0.3, -0.25) is 24.2 Å². The molecule has 0 aliphatic carbocycles. The van der Waals surface area contributed by atoms with Crippen LogP contribution in [-0.4, -0.2) is 60.3 Å². The van der Waals surface area contributed by atoms with Crippen molar-refractivity contribution in [3.05, 3.63) is 84.4 Å². The van der Waals surface area contributed by atoms with Gasteiger partial charge in [-0.15, -0.1) is 0 Å². The Labute approximate surface area is 221 Å². The molecule has 9 nitrogen and oxygen atoms in total. The number of anilines is 1. The molecular weight excluding hydrogens is 480 g/mol. The molecule has 38 heavy (non-hydrogen) atoms. The fraction of sp³-hybridized carbons (Fsp3) is 0.310. The van der Waals surface area contributed by atoms with Crippen LogP contribution in [0.5, 0.6) is 0 Å². The normalized spacial score (nSPS) is 15.4. The van der Waals surface area contributed by atoms with Crippen LogP contribution in [0.15, 0.2) is 73.2 Å². The summed E-state index contributed by atoms with van der Waals surface area (Å²) >= 11 is 0. The monoisotopic (exact) mass is 512 g/mol. The number of imidazole rings is 1. The summed E-state index contributed by atoms with van der Waals surface area (Å²) in [6.45, 7) is 1.12. The lowest BCUT2D eigenvalue weighted by Crippen LogP contribution is -2.42. The van der Waals surface area contributed by atoms with Crippen LogP contribution in [0.1, 0.15) is 41.7 Å². The van der Waals surface area contributed by atoms with Crippen molar-refractivity contribution in [1.82, 2.24) is 24.2 Å². The van der Waals surface area contributed by atoms with Crippen LogP contribution in [0.4, 0.5) is 5.95 Å². The fourth-order valence-electron chi connectivity index (χ4n) is 4.77. The van der Waals surface area contributed by atoms with Gasteiger partial charge < -0.3 is 10.0 Å². The van der Waals surface area contributed by atoms with Crippen LogP contribution < -0.4 is 5.32 Å². The van der Waals surface area contributed by atoms with Gasteiger partial charge in [0.15, 0.2) is 0 Å². The topological polar surface area (TPSA) is 105 Å². The fourth-order valence-corrected chi connectivity index (χ4v) is 4.77. The Morgan fingerprint density at radius 3 is 2.68 bits per heavy atom. The molecule has 1 saturated heterocycles. The minimum Gasteiger partial charge on any atom is -0.391 e. The summed E-state index contributed by atoms with van der Waals surface area (Å²) in [5, 5.41) is 17.0. The number of carbonyl (C=O) groups is 2. The molecule has 196 valence electrons. The first-order valence-corrected chi connectivity index (χ1v) is 13.0. The smallest absolute Gasteiger partial charge is 0.258 e. The van der Waals surface area contributed by atoms with Crippen molar-refractivity contribution in [1.29, 1.82) is 0 Å². The third-order valence-electron chi connectivity index (χ3n) is 6.75. The molecule has 2 aromatic carbocycles. The average molecular weight is 513 g/mol. The van der Waals surface area contributed by atoms with Gasteiger partial charge >= 0.3 is 0 Å². The van der Waals surface area contributed by atoms with E-state index in [2.05, 4.69) is 10.4 Å². The van der Waals surface area contributed by atoms with Crippen LogP contribution >= 0.6 is 0 Å². The van der Waals surface area contributed by atoms with Crippen molar-refractivity contribution in [3.8, 4) is 16.8 Å². The number of likely N-dealkylation sites (tertiary alicyclic amines) is 1. The standard InChI is InChI=1S/C29H32N6O3/c1-33-18-23(17-30-33)21-8-5-9-22(16-21)28(38)32-29-31-24(19-35(29)25-11-3-2-4-12-25)10-6-14-27(37)34-15-7-13-26(36)20-34/h2-5,8-9,11-12,16-19,26,36H,6-7,10,13-15,20H2,1H3,(H,31,32,38). The van der Waals surface area contributed by atoms with E-state index in [9.17, 15) is 14.7 Å². The third kappa shape index (κ3) is 6.00. The highest BCUT2D eigenvalue weighted by atomic mass is 16.3. The molecule has 2 amide bonds. The quantitative estimate of drug-likeness (QED) is 0.373. The molecule has 0 radical (unpaired) electrons. The summed E-state index contributed by atoms with van der Waals surface area (Å²) in [7, 11) is 1.86. The largest absolute Gasteiger partial charge is 0.391 e. The summed E-state index contributed by atoms with van der Waals surface area (Å²) in [6.07, 6.45) is 8.38. The predicted octanol–water partition coefficient (Wildman–Crippen LogP) is 3.83. The Bertz CT molecular complexity index is 1410. The zero-order chi connectivity index (χ0) is 26.5. The first-order valence-electron chi connectivity index (χ1n) is 13.0. The number of amides is 2. The number of aromatic nitrogens is 4. The molecule has 1 atom stereocenters. The van der Waals surface area contributed by atoms with Crippen molar-refractivity contribution in [2.75, 3.05) is 18.4 Å². The van der Waals surface area contributed by atoms with E-state index in [1.165, 1.54) is 0 Å². The highest BCUT2D eigenvalue weighted by molar-refractivity contribution is 6.04. The van der Waals surface area contributed by atoms with E-state index in [-0.39, 0.29) is 11.8 Å². The summed E-state index contributed by atoms with van der Waals surface area (Å²) in [5.41, 5.74) is 4.03. The second kappa shape index (κ2) is 11.4. The second-order valence-corrected chi connectivity index (χ2v) is 9.69. The number of aliphatic hydroxyl groups excluding tert-OH is 1. The molecular formula is C29H32N6O3. The highest BCUT2D eigenvalue weighted by Gasteiger charge is 2.22. The number of nitrogens with zero attached hydrogens (tertiary/aromatic N) is 5. The van der Waals surface area contributed by atoms with Crippen molar-refractivity contribution in [2.45, 2.75) is 38.2 Å². The maximum atomic E-state index is 13.2. The minimum absolute atomic E-state index is 0.0632. The van der Waals surface area contributed by atoms with Gasteiger partial charge in [-0.05, 0) is 55.5 Å². The number of piperidine rings is 1. The lowest BCUT2D eigenvalue weighted by molar-refractivity contribution is -0.134. The molecule has 3 heterocycles. The molecule has 0 spiro atoms. The number of para-hydroxylation sites is 1. The van der Waals surface area contributed by atoms with E-state index in [0.29, 0.717) is 43.9 Å². The van der Waals surface area contributed by atoms with Gasteiger partial charge in [0.25, 0.3) is 5.91 Å². The molecule has 4 aromatic rings. The molecule has 2 aromatic heterocycles. The van der Waals surface area contributed by atoms with Crippen LogP contribution in [0, 0.1) is 0 Å². The molecule has 1 aliphatic rings. The van der Waals surface area contributed by atoms with Gasteiger partial charge in [0.1, 0.15) is 0 Å². The Morgan fingerprint density at radius 1 is 1.08 bits per heavy atom. The number of carbonyl (C=O) groups excluding carboxylic acids is 2. The molecule has 2 N–H and O–H groups in total. The maximum Gasteiger partial charge on any atom is 0.258 e. The number of hydrogen-bond donors (Lipinski definition) is 2. The number of aryl methyl sites for hydroxylation is 2. The number of aliphatic hydroxyl groups is 1. The van der Waals surface area contributed by atoms with Crippen LogP contribution in [0.3, 0.4) is 0 Å². The molecule has 1 fully saturated rings. The van der Waals surface area contributed by atoms with Crippen LogP contribution in [0.2, 0.25) is 0 Å². The highest BCUT2D eigenvalue weighted by Crippen LogP contribution is 2.22. The minimum atomic E-state index is -0.425. The van der Waals surface area contributed by atoms with Crippen molar-refractivity contribution in [3.63, 3.8) is 0 Å². The lowest BCUT2D eigenvalue weighted by atomic mass is 10.1. The molecule has 5 rings (SSSR count). The summed E-state index contributed by atoms with van der Waals surface area (Å²) in [6, 6.07) is 17.1. The first kappa shape index (κ1) is 25.4. The Morgan fingerprint density at radius 2 is 1.92 bits per heavy atom. The number of hydrogen-bond acceptors (Lipinski definition) is 5. The van der Waals surface area contributed by atoms with E-state index in [4.69, 9.17) is 4.98 Å². The van der Waals surface area contributed by atoms with Gasteiger partial charge in [-0.2, -0.15) is 5.10 Å². The third-order valence-corrected chi connectivity index (χ3v) is 6.75. The van der Waals surface area contributed by atoms with E-state index in [1.54, 1.807) is 21.8 Å². The molecule has 9 heteroatoms. The molecule has 1 unspecified atom stereocenters. The SMILES string of the molecule is Cn1cc(-c2cccc(C(=O)Nc3nc(CCCC(=O)N4CCCC(O)C4)cn3-c3ccccc3)c2)cn1. The average Bonchev–Trinajstić information content (AvgIpc) is 3.55. The molecule has 1 aliphatic heterocycles. The maximum absolute atomic E-state index is 13.2. The molecule has 0 saturated carbocycles. The van der Waals surface area contributed by atoms with Crippen LogP contribution in [-0.2, 0) is 18.3 Å². The Balaban J connectivity index is 1.30. The number of benzene rings is 2. The van der Waals surface area contributed by atoms with Crippen LogP contribution in [0.25, 0.3) is 16.8 Å². The van der Waals surface area contributed by atoms with Gasteiger partial charge in [0, 0.05) is 55.8 Å². The van der Waals surface area contributed by atoms with E-state index < -0.39 is 6.10 Å². The van der Waals surface area contributed by atoms with E-state index in [1.807, 2.05) is 72.5 Å². The second-order valence-electron chi connectivity index (χ2n) is 9.69. The summed E-state index contributed by atoms with van der Waals surface area (Å²) in [4.78, 5) is 32.3. The summed E-state index contributed by atoms with van der Waals surface area (Å²) in [5.74, 6) is 0.227. The van der Waals surface area contributed by atoms with Gasteiger partial charge in [-0.25, -0.2) is 4.98 Å². The first-order chi connectivity index (χ1) is 18.5. The van der Waals surface area contributed by atoms with Crippen molar-refractivity contribution >= 4 is 17.8 Å². The number of β-amino-alcohol motifs (C(OH)–C–C–N with tert-alkyl or cyclic N) is 1. The van der Waals surface area contributed by atoms with E-state index in [0.717, 1.165) is 35.3 Å². The van der Waals surface area contributed by atoms with Crippen molar-refractivity contribution in [2.24, 2.45) is 7.05 Å². The lowest BCUT2D eigenvalue weighted by Gasteiger charge is -2.30. The Hall–Kier alpha value is -4.24. The predicted molar refractivity (Wildman–Crippen MR) is 145 cm³/mol. The zero-order valence-corrected chi connectivity index (χ0v) is 21.5. The summed E-state index contributed by atoms with van der Waals surface area (Å²) < 4.78 is 3.59. The molecule has 0 bridgehead atoms. The number of nitrogens with one attached hydrogen (secondary N) is 1. The van der Waals surface area contributed by atoms with Gasteiger partial charge in [0.2, 0.25) is 11.9 Å². The zero-order valence-electron chi connectivity index (χ0n) is 21.5. The Kier molecular flexibility index (Phi) is 7.65. The number of rotatable bonds is 8. The van der Waals surface area contributed by atoms with Crippen molar-refractivity contribution < 1.29 is 14.7 Å². The van der Waals surface area contributed by atoms with Gasteiger partial charge in [0.05, 0.1) is 18.0 Å². The van der Waals surface area contributed by atoms with E-state index >= 15 is 0 Å².